The summed E-state index contributed by atoms with van der Waals surface area (Å²) in [5, 5.41) is 11.7. The third-order valence-corrected chi connectivity index (χ3v) is 2.19. The molecule has 2 heterocycles. The molecule has 0 radical (unpaired) electrons. The number of nitrogens with one attached hydrogen (secondary N) is 1. The quantitative estimate of drug-likeness (QED) is 0.847. The molecule has 0 saturated heterocycles. The number of carboxylic acid groups (broad SMARTS) is 1. The highest BCUT2D eigenvalue weighted by Crippen LogP contribution is 2.20. The molecule has 0 aromatic carbocycles. The van der Waals surface area contributed by atoms with Gasteiger partial charge in [0.05, 0.1) is 6.20 Å². The zero-order chi connectivity index (χ0) is 12.4. The molecule has 0 fully saturated rings. The van der Waals surface area contributed by atoms with Gasteiger partial charge in [-0.15, -0.1) is 0 Å². The second-order valence-electron chi connectivity index (χ2n) is 3.64. The molecular weight excluding hydrogens is 224 g/mol. The molecule has 2 aromatic heterocycles. The highest BCUT2D eigenvalue weighted by atomic mass is 16.4. The van der Waals surface area contributed by atoms with Gasteiger partial charge in [0, 0.05) is 6.07 Å². The van der Waals surface area contributed by atoms with Gasteiger partial charge in [0.25, 0.3) is 0 Å². The van der Waals surface area contributed by atoms with Crippen molar-refractivity contribution in [3.05, 3.63) is 35.7 Å². The smallest absolute Gasteiger partial charge is 0.371 e. The van der Waals surface area contributed by atoms with Crippen molar-refractivity contribution in [2.75, 3.05) is 5.32 Å². The molecule has 6 heteroatoms. The maximum absolute atomic E-state index is 10.6. The molecule has 1 atom stereocenters. The number of furan rings is 1. The molecule has 0 spiro atoms. The minimum absolute atomic E-state index is 0.108. The topological polar surface area (TPSA) is 88.5 Å². The van der Waals surface area contributed by atoms with Gasteiger partial charge in [0.1, 0.15) is 11.8 Å². The summed E-state index contributed by atoms with van der Waals surface area (Å²) in [6, 6.07) is 2.74. The normalized spacial score (nSPS) is 12.4. The Hall–Kier alpha value is -2.24. The van der Waals surface area contributed by atoms with E-state index in [4.69, 9.17) is 13.9 Å². The summed E-state index contributed by atoms with van der Waals surface area (Å²) in [6.45, 7) is 3.65. The summed E-state index contributed by atoms with van der Waals surface area (Å²) < 4.78 is 10.4. The number of carboxylic acids is 1. The molecule has 0 amide bonds. The Balaban J connectivity index is 2.07. The molecule has 0 saturated carbocycles. The summed E-state index contributed by atoms with van der Waals surface area (Å²) in [6.07, 6.45) is 1.62. The second kappa shape index (κ2) is 4.32. The first-order valence-electron chi connectivity index (χ1n) is 5.08. The Kier molecular flexibility index (Phi) is 2.86. The van der Waals surface area contributed by atoms with Crippen LogP contribution in [0.5, 0.6) is 0 Å². The van der Waals surface area contributed by atoms with E-state index in [1.807, 2.05) is 6.92 Å². The lowest BCUT2D eigenvalue weighted by Gasteiger charge is -2.08. The van der Waals surface area contributed by atoms with Gasteiger partial charge in [-0.25, -0.2) is 9.78 Å². The van der Waals surface area contributed by atoms with Crippen LogP contribution in [-0.4, -0.2) is 16.1 Å². The van der Waals surface area contributed by atoms with E-state index in [1.54, 1.807) is 19.2 Å². The Morgan fingerprint density at radius 3 is 2.76 bits per heavy atom. The Bertz CT molecular complexity index is 529. The molecule has 0 aliphatic heterocycles. The average Bonchev–Trinajstić information content (AvgIpc) is 2.86. The largest absolute Gasteiger partial charge is 0.475 e. The van der Waals surface area contributed by atoms with Crippen LogP contribution in [0, 0.1) is 6.92 Å². The van der Waals surface area contributed by atoms with Crippen molar-refractivity contribution < 1.29 is 18.7 Å². The van der Waals surface area contributed by atoms with Gasteiger partial charge in [-0.05, 0) is 19.9 Å². The number of aryl methyl sites for hydroxylation is 1. The third-order valence-electron chi connectivity index (χ3n) is 2.19. The Morgan fingerprint density at radius 2 is 2.24 bits per heavy atom. The third kappa shape index (κ3) is 2.47. The fourth-order valence-electron chi connectivity index (χ4n) is 1.38. The number of nitrogens with zero attached hydrogens (tertiary/aromatic N) is 1. The van der Waals surface area contributed by atoms with Gasteiger partial charge in [0.15, 0.2) is 5.88 Å². The van der Waals surface area contributed by atoms with Gasteiger partial charge in [0.2, 0.25) is 11.7 Å². The molecule has 2 N–H and O–H groups in total. The Labute approximate surface area is 97.3 Å². The maximum atomic E-state index is 10.6. The van der Waals surface area contributed by atoms with E-state index in [1.165, 1.54) is 6.07 Å². The fraction of sp³-hybridized carbons (Fsp3) is 0.273. The molecule has 90 valence electrons. The van der Waals surface area contributed by atoms with Crippen molar-refractivity contribution in [1.29, 1.82) is 0 Å². The van der Waals surface area contributed by atoms with Gasteiger partial charge in [-0.2, -0.15) is 0 Å². The van der Waals surface area contributed by atoms with Crippen LogP contribution >= 0.6 is 0 Å². The van der Waals surface area contributed by atoms with Crippen LogP contribution in [0.25, 0.3) is 0 Å². The van der Waals surface area contributed by atoms with E-state index in [-0.39, 0.29) is 11.8 Å². The lowest BCUT2D eigenvalue weighted by molar-refractivity contribution is 0.0663. The average molecular weight is 236 g/mol. The van der Waals surface area contributed by atoms with Crippen LogP contribution in [0.15, 0.2) is 27.2 Å². The summed E-state index contributed by atoms with van der Waals surface area (Å²) in [7, 11) is 0. The van der Waals surface area contributed by atoms with Gasteiger partial charge >= 0.3 is 5.97 Å². The number of hydrogen-bond acceptors (Lipinski definition) is 5. The highest BCUT2D eigenvalue weighted by molar-refractivity contribution is 5.84. The molecule has 17 heavy (non-hydrogen) atoms. The first-order valence-corrected chi connectivity index (χ1v) is 5.08. The standard InChI is InChI=1S/C11H12N2O4/c1-6-5-12-10(16-6)7(2)13-9-4-3-8(17-9)11(14)15/h3-5,7,13H,1-2H3,(H,14,15). The lowest BCUT2D eigenvalue weighted by Crippen LogP contribution is -2.06. The predicted octanol–water partition coefficient (Wildman–Crippen LogP) is 2.45. The number of hydrogen-bond donors (Lipinski definition) is 2. The minimum Gasteiger partial charge on any atom is -0.475 e. The van der Waals surface area contributed by atoms with E-state index in [9.17, 15) is 4.79 Å². The first-order chi connectivity index (χ1) is 8.06. The summed E-state index contributed by atoms with van der Waals surface area (Å²) in [5.41, 5.74) is 0. The van der Waals surface area contributed by atoms with Crippen molar-refractivity contribution >= 4 is 11.9 Å². The van der Waals surface area contributed by atoms with E-state index < -0.39 is 5.97 Å². The van der Waals surface area contributed by atoms with Crippen molar-refractivity contribution in [2.45, 2.75) is 19.9 Å². The van der Waals surface area contributed by atoms with Gasteiger partial charge in [-0.3, -0.25) is 0 Å². The van der Waals surface area contributed by atoms with Gasteiger partial charge in [-0.1, -0.05) is 0 Å². The summed E-state index contributed by atoms with van der Waals surface area (Å²) in [5.74, 6) is 0.404. The summed E-state index contributed by atoms with van der Waals surface area (Å²) >= 11 is 0. The lowest BCUT2D eigenvalue weighted by atomic mass is 10.3. The molecule has 2 aromatic rings. The monoisotopic (exact) mass is 236 g/mol. The van der Waals surface area contributed by atoms with Crippen LogP contribution in [0.1, 0.15) is 35.2 Å². The maximum Gasteiger partial charge on any atom is 0.371 e. The SMILES string of the molecule is Cc1cnc(C(C)Nc2ccc(C(=O)O)o2)o1. The van der Waals surface area contributed by atoms with E-state index >= 15 is 0 Å². The molecule has 0 bridgehead atoms. The number of oxazole rings is 1. The van der Waals surface area contributed by atoms with E-state index in [2.05, 4.69) is 10.3 Å². The Morgan fingerprint density at radius 1 is 1.47 bits per heavy atom. The number of rotatable bonds is 4. The van der Waals surface area contributed by atoms with E-state index in [0.29, 0.717) is 11.8 Å². The molecule has 0 aliphatic rings. The molecule has 0 aliphatic carbocycles. The first kappa shape index (κ1) is 11.3. The predicted molar refractivity (Wildman–Crippen MR) is 58.9 cm³/mol. The fourth-order valence-corrected chi connectivity index (χ4v) is 1.38. The zero-order valence-electron chi connectivity index (χ0n) is 9.43. The number of aromatic nitrogens is 1. The van der Waals surface area contributed by atoms with Crippen molar-refractivity contribution in [2.24, 2.45) is 0 Å². The van der Waals surface area contributed by atoms with Crippen molar-refractivity contribution in [3.63, 3.8) is 0 Å². The van der Waals surface area contributed by atoms with Crippen LogP contribution in [0.3, 0.4) is 0 Å². The minimum atomic E-state index is -1.10. The van der Waals surface area contributed by atoms with Crippen LogP contribution in [0.2, 0.25) is 0 Å². The second-order valence-corrected chi connectivity index (χ2v) is 3.64. The molecular formula is C11H12N2O4. The van der Waals surface area contributed by atoms with Crippen molar-refractivity contribution in [3.8, 4) is 0 Å². The van der Waals surface area contributed by atoms with Crippen molar-refractivity contribution in [1.82, 2.24) is 4.98 Å². The van der Waals surface area contributed by atoms with E-state index in [0.717, 1.165) is 5.76 Å². The van der Waals surface area contributed by atoms with Crippen LogP contribution in [0.4, 0.5) is 5.88 Å². The number of anilines is 1. The number of carbonyl (C=O) groups is 1. The highest BCUT2D eigenvalue weighted by Gasteiger charge is 2.14. The molecule has 6 nitrogen and oxygen atoms in total. The number of aromatic carboxylic acids is 1. The van der Waals surface area contributed by atoms with Gasteiger partial charge < -0.3 is 19.3 Å². The zero-order valence-corrected chi connectivity index (χ0v) is 9.43. The van der Waals surface area contributed by atoms with Crippen LogP contribution in [-0.2, 0) is 0 Å². The molecule has 2 rings (SSSR count). The van der Waals surface area contributed by atoms with Crippen LogP contribution < -0.4 is 5.32 Å². The molecule has 1 unspecified atom stereocenters. The summed E-state index contributed by atoms with van der Waals surface area (Å²) in [4.78, 5) is 14.7.